The van der Waals surface area contributed by atoms with Crippen LogP contribution in [0.5, 0.6) is 0 Å². The van der Waals surface area contributed by atoms with Crippen molar-refractivity contribution >= 4 is 5.91 Å². The third-order valence-electron chi connectivity index (χ3n) is 3.06. The third-order valence-corrected chi connectivity index (χ3v) is 3.06. The van der Waals surface area contributed by atoms with Gasteiger partial charge in [-0.05, 0) is 12.5 Å². The highest BCUT2D eigenvalue weighted by atomic mass is 16.5. The van der Waals surface area contributed by atoms with Gasteiger partial charge in [-0.15, -0.1) is 0 Å². The highest BCUT2D eigenvalue weighted by Crippen LogP contribution is 2.23. The van der Waals surface area contributed by atoms with Crippen LogP contribution in [0.2, 0.25) is 0 Å². The number of carbonyl (C=O) groups excluding carboxylic acids is 1. The van der Waals surface area contributed by atoms with Crippen LogP contribution in [-0.4, -0.2) is 40.7 Å². The highest BCUT2D eigenvalue weighted by molar-refractivity contribution is 5.78. The van der Waals surface area contributed by atoms with Gasteiger partial charge in [-0.2, -0.15) is 5.10 Å². The molecule has 2 heterocycles. The molecule has 1 aromatic rings. The molecule has 1 aromatic heterocycles. The van der Waals surface area contributed by atoms with Crippen molar-refractivity contribution in [3.8, 4) is 0 Å². The van der Waals surface area contributed by atoms with Crippen molar-refractivity contribution in [3.05, 3.63) is 17.5 Å². The Kier molecular flexibility index (Phi) is 3.47. The molecule has 1 atom stereocenters. The average molecular weight is 237 g/mol. The number of nitrogens with one attached hydrogen (secondary N) is 1. The van der Waals surface area contributed by atoms with Crippen LogP contribution in [0.3, 0.4) is 0 Å². The Labute approximate surface area is 101 Å². The van der Waals surface area contributed by atoms with Gasteiger partial charge in [-0.3, -0.25) is 9.89 Å². The Morgan fingerprint density at radius 1 is 1.65 bits per heavy atom. The third kappa shape index (κ3) is 2.49. The van der Waals surface area contributed by atoms with Crippen LogP contribution in [-0.2, 0) is 9.53 Å². The molecule has 1 aliphatic heterocycles. The Morgan fingerprint density at radius 2 is 2.41 bits per heavy atom. The summed E-state index contributed by atoms with van der Waals surface area (Å²) in [6.07, 6.45) is 1.70. The number of aromatic nitrogens is 2. The van der Waals surface area contributed by atoms with E-state index in [2.05, 4.69) is 10.2 Å². The van der Waals surface area contributed by atoms with Crippen LogP contribution in [0.1, 0.15) is 31.2 Å². The fraction of sp³-hybridized carbons (Fsp3) is 0.667. The smallest absolute Gasteiger partial charge is 0.225 e. The molecule has 0 saturated carbocycles. The van der Waals surface area contributed by atoms with Crippen molar-refractivity contribution in [2.45, 2.75) is 26.9 Å². The minimum Gasteiger partial charge on any atom is -0.368 e. The second kappa shape index (κ2) is 4.87. The van der Waals surface area contributed by atoms with Crippen molar-refractivity contribution in [1.82, 2.24) is 15.1 Å². The summed E-state index contributed by atoms with van der Waals surface area (Å²) in [5, 5.41) is 6.94. The topological polar surface area (TPSA) is 58.2 Å². The fourth-order valence-electron chi connectivity index (χ4n) is 2.07. The van der Waals surface area contributed by atoms with Crippen molar-refractivity contribution in [2.75, 3.05) is 19.7 Å². The number of hydrogen-bond acceptors (Lipinski definition) is 3. The largest absolute Gasteiger partial charge is 0.368 e. The first-order chi connectivity index (χ1) is 8.09. The van der Waals surface area contributed by atoms with Gasteiger partial charge in [-0.25, -0.2) is 0 Å². The molecule has 1 amide bonds. The molecule has 1 unspecified atom stereocenters. The Bertz CT molecular complexity index is 400. The molecule has 1 fully saturated rings. The van der Waals surface area contributed by atoms with E-state index < -0.39 is 0 Å². The van der Waals surface area contributed by atoms with Crippen molar-refractivity contribution < 1.29 is 9.53 Å². The second-order valence-electron chi connectivity index (χ2n) is 4.77. The maximum Gasteiger partial charge on any atom is 0.225 e. The molecule has 5 nitrogen and oxygen atoms in total. The molecule has 0 aromatic carbocycles. The van der Waals surface area contributed by atoms with E-state index in [0.717, 1.165) is 11.3 Å². The molecule has 0 spiro atoms. The number of carbonyl (C=O) groups is 1. The van der Waals surface area contributed by atoms with Crippen molar-refractivity contribution in [1.29, 1.82) is 0 Å². The number of amides is 1. The van der Waals surface area contributed by atoms with E-state index in [1.165, 1.54) is 0 Å². The van der Waals surface area contributed by atoms with E-state index >= 15 is 0 Å². The lowest BCUT2D eigenvalue weighted by Crippen LogP contribution is -2.44. The number of rotatable bonds is 2. The summed E-state index contributed by atoms with van der Waals surface area (Å²) in [6.45, 7) is 7.72. The number of morpholine rings is 1. The van der Waals surface area contributed by atoms with Gasteiger partial charge in [0.25, 0.3) is 0 Å². The van der Waals surface area contributed by atoms with E-state index in [4.69, 9.17) is 4.74 Å². The van der Waals surface area contributed by atoms with Gasteiger partial charge in [0.1, 0.15) is 6.10 Å². The van der Waals surface area contributed by atoms with Gasteiger partial charge in [0.15, 0.2) is 0 Å². The summed E-state index contributed by atoms with van der Waals surface area (Å²) in [5.74, 6) is 0.229. The van der Waals surface area contributed by atoms with Gasteiger partial charge >= 0.3 is 0 Å². The minimum absolute atomic E-state index is 0.0385. The summed E-state index contributed by atoms with van der Waals surface area (Å²) in [4.78, 5) is 13.8. The standard InChI is InChI=1S/C12H19N3O2/c1-8(2)12(16)15-4-5-17-10(7-15)11-9(3)6-13-14-11/h6,8,10H,4-5,7H2,1-3H3,(H,13,14). The van der Waals surface area contributed by atoms with Crippen LogP contribution in [0.25, 0.3) is 0 Å². The molecule has 17 heavy (non-hydrogen) atoms. The lowest BCUT2D eigenvalue weighted by molar-refractivity contribution is -0.142. The van der Waals surface area contributed by atoms with Crippen LogP contribution < -0.4 is 0 Å². The number of H-pyrrole nitrogens is 1. The summed E-state index contributed by atoms with van der Waals surface area (Å²) < 4.78 is 5.70. The lowest BCUT2D eigenvalue weighted by Gasteiger charge is -2.33. The summed E-state index contributed by atoms with van der Waals surface area (Å²) in [5.41, 5.74) is 2.06. The SMILES string of the molecule is Cc1cn[nH]c1C1CN(C(=O)C(C)C)CCO1. The first-order valence-corrected chi connectivity index (χ1v) is 6.00. The molecule has 0 aliphatic carbocycles. The van der Waals surface area contributed by atoms with Gasteiger partial charge in [-0.1, -0.05) is 13.8 Å². The quantitative estimate of drug-likeness (QED) is 0.842. The molecular formula is C12H19N3O2. The van der Waals surface area contributed by atoms with Crippen LogP contribution >= 0.6 is 0 Å². The van der Waals surface area contributed by atoms with Gasteiger partial charge in [0.05, 0.1) is 25.0 Å². The Hall–Kier alpha value is -1.36. The summed E-state index contributed by atoms with van der Waals surface area (Å²) in [6, 6.07) is 0. The van der Waals surface area contributed by atoms with Crippen molar-refractivity contribution in [3.63, 3.8) is 0 Å². The maximum absolute atomic E-state index is 11.9. The fourth-order valence-corrected chi connectivity index (χ4v) is 2.07. The zero-order valence-electron chi connectivity index (χ0n) is 10.6. The number of ether oxygens (including phenoxy) is 1. The van der Waals surface area contributed by atoms with E-state index in [0.29, 0.717) is 19.7 Å². The number of hydrogen-bond donors (Lipinski definition) is 1. The van der Waals surface area contributed by atoms with Gasteiger partial charge in [0, 0.05) is 12.5 Å². The van der Waals surface area contributed by atoms with Gasteiger partial charge < -0.3 is 9.64 Å². The van der Waals surface area contributed by atoms with E-state index in [1.807, 2.05) is 25.7 Å². The molecular weight excluding hydrogens is 218 g/mol. The molecule has 94 valence electrons. The first-order valence-electron chi connectivity index (χ1n) is 6.00. The van der Waals surface area contributed by atoms with E-state index in [-0.39, 0.29) is 17.9 Å². The average Bonchev–Trinajstić information content (AvgIpc) is 2.74. The second-order valence-corrected chi connectivity index (χ2v) is 4.77. The lowest BCUT2D eigenvalue weighted by atomic mass is 10.1. The zero-order valence-corrected chi connectivity index (χ0v) is 10.6. The van der Waals surface area contributed by atoms with Crippen LogP contribution in [0.15, 0.2) is 6.20 Å². The van der Waals surface area contributed by atoms with Gasteiger partial charge in [0.2, 0.25) is 5.91 Å². The first kappa shape index (κ1) is 12.1. The number of aryl methyl sites for hydroxylation is 1. The molecule has 2 rings (SSSR count). The minimum atomic E-state index is -0.0750. The zero-order chi connectivity index (χ0) is 12.4. The highest BCUT2D eigenvalue weighted by Gasteiger charge is 2.28. The molecule has 0 bridgehead atoms. The molecule has 1 aliphatic rings. The summed E-state index contributed by atoms with van der Waals surface area (Å²) in [7, 11) is 0. The van der Waals surface area contributed by atoms with E-state index in [9.17, 15) is 4.79 Å². The predicted molar refractivity (Wildman–Crippen MR) is 63.4 cm³/mol. The predicted octanol–water partition coefficient (Wildman–Crippen LogP) is 1.27. The molecule has 5 heteroatoms. The number of nitrogens with zero attached hydrogens (tertiary/aromatic N) is 2. The molecule has 0 radical (unpaired) electrons. The molecule has 1 N–H and O–H groups in total. The van der Waals surface area contributed by atoms with Crippen LogP contribution in [0.4, 0.5) is 0 Å². The molecule has 1 saturated heterocycles. The van der Waals surface area contributed by atoms with E-state index in [1.54, 1.807) is 6.20 Å². The van der Waals surface area contributed by atoms with Crippen LogP contribution in [0, 0.1) is 12.8 Å². The monoisotopic (exact) mass is 237 g/mol. The van der Waals surface area contributed by atoms with Crippen molar-refractivity contribution in [2.24, 2.45) is 5.92 Å². The normalized spacial score (nSPS) is 20.9. The Morgan fingerprint density at radius 3 is 3.00 bits per heavy atom. The summed E-state index contributed by atoms with van der Waals surface area (Å²) >= 11 is 0. The Balaban J connectivity index is 2.08. The maximum atomic E-state index is 11.9. The number of aromatic amines is 1.